The summed E-state index contributed by atoms with van der Waals surface area (Å²) in [5, 5.41) is 15.4. The Kier molecular flexibility index (Phi) is 6.82. The standard InChI is InChI=1S/C26H30N6O4S/c1-4-8-23-27-28-25-21-10-7-6-9-20(21)24(29-32(23)25)19-12-11-18(3)22(17-19)37(34,35)31-15-13-30(14-16-31)26(33)36-5-2/h6-7,9-12,17H,4-5,8,13-16H2,1-3H3. The highest BCUT2D eigenvalue weighted by Crippen LogP contribution is 2.32. The minimum absolute atomic E-state index is 0.207. The Labute approximate surface area is 215 Å². The highest BCUT2D eigenvalue weighted by Gasteiger charge is 2.32. The first-order chi connectivity index (χ1) is 17.8. The molecule has 10 nitrogen and oxygen atoms in total. The predicted octanol–water partition coefficient (Wildman–Crippen LogP) is 3.67. The van der Waals surface area contributed by atoms with Gasteiger partial charge in [0.05, 0.1) is 17.2 Å². The van der Waals surface area contributed by atoms with E-state index in [0.717, 1.165) is 29.4 Å². The van der Waals surface area contributed by atoms with Gasteiger partial charge in [-0.3, -0.25) is 0 Å². The second kappa shape index (κ2) is 10.1. The molecule has 1 saturated heterocycles. The molecule has 0 N–H and O–H groups in total. The van der Waals surface area contributed by atoms with Crippen LogP contribution in [0.1, 0.15) is 31.7 Å². The summed E-state index contributed by atoms with van der Waals surface area (Å²) in [6.45, 7) is 6.89. The monoisotopic (exact) mass is 522 g/mol. The van der Waals surface area contributed by atoms with Crippen LogP contribution in [0.15, 0.2) is 47.4 Å². The maximum Gasteiger partial charge on any atom is 0.409 e. The van der Waals surface area contributed by atoms with Gasteiger partial charge in [-0.05, 0) is 31.9 Å². The van der Waals surface area contributed by atoms with Crippen molar-refractivity contribution in [3.8, 4) is 11.3 Å². The first-order valence-corrected chi connectivity index (χ1v) is 13.9. The molecule has 4 aromatic rings. The quantitative estimate of drug-likeness (QED) is 0.380. The van der Waals surface area contributed by atoms with Crippen molar-refractivity contribution in [3.63, 3.8) is 0 Å². The van der Waals surface area contributed by atoms with Crippen LogP contribution in [-0.2, 0) is 21.2 Å². The number of carbonyl (C=O) groups excluding carboxylic acids is 1. The SMILES string of the molecule is CCCc1nnc2c3ccccc3c(-c3ccc(C)c(S(=O)(=O)N4CCN(C(=O)OCC)CC4)c3)nn12. The summed E-state index contributed by atoms with van der Waals surface area (Å²) in [6.07, 6.45) is 1.22. The van der Waals surface area contributed by atoms with Crippen LogP contribution in [0.5, 0.6) is 0 Å². The highest BCUT2D eigenvalue weighted by atomic mass is 32.2. The van der Waals surface area contributed by atoms with E-state index in [1.165, 1.54) is 9.21 Å². The van der Waals surface area contributed by atoms with Crippen LogP contribution < -0.4 is 0 Å². The minimum atomic E-state index is -3.79. The average molecular weight is 523 g/mol. The summed E-state index contributed by atoms with van der Waals surface area (Å²) in [5.41, 5.74) is 2.70. The van der Waals surface area contributed by atoms with Crippen LogP contribution in [0.4, 0.5) is 4.79 Å². The second-order valence-electron chi connectivity index (χ2n) is 9.07. The Morgan fingerprint density at radius 3 is 2.43 bits per heavy atom. The Morgan fingerprint density at radius 2 is 1.73 bits per heavy atom. The summed E-state index contributed by atoms with van der Waals surface area (Å²) in [4.78, 5) is 13.8. The van der Waals surface area contributed by atoms with Crippen LogP contribution in [0.3, 0.4) is 0 Å². The first-order valence-electron chi connectivity index (χ1n) is 12.5. The van der Waals surface area contributed by atoms with Crippen LogP contribution in [-0.4, -0.2) is 76.3 Å². The number of sulfonamides is 1. The van der Waals surface area contributed by atoms with Crippen LogP contribution in [0, 0.1) is 6.92 Å². The van der Waals surface area contributed by atoms with E-state index in [2.05, 4.69) is 17.1 Å². The fourth-order valence-electron chi connectivity index (χ4n) is 4.71. The van der Waals surface area contributed by atoms with Gasteiger partial charge >= 0.3 is 6.09 Å². The number of rotatable bonds is 6. The van der Waals surface area contributed by atoms with Crippen LogP contribution in [0.2, 0.25) is 0 Å². The molecular formula is C26H30N6O4S. The molecule has 0 saturated carbocycles. The normalized spacial score (nSPS) is 14.9. The number of piperazine rings is 1. The lowest BCUT2D eigenvalue weighted by Crippen LogP contribution is -2.50. The summed E-state index contributed by atoms with van der Waals surface area (Å²) in [5.74, 6) is 0.768. The van der Waals surface area contributed by atoms with Crippen molar-refractivity contribution in [2.75, 3.05) is 32.8 Å². The number of benzene rings is 2. The molecule has 37 heavy (non-hydrogen) atoms. The van der Waals surface area contributed by atoms with Crippen molar-refractivity contribution in [2.45, 2.75) is 38.5 Å². The first kappa shape index (κ1) is 25.1. The third kappa shape index (κ3) is 4.53. The van der Waals surface area contributed by atoms with Crippen molar-refractivity contribution in [3.05, 3.63) is 53.9 Å². The van der Waals surface area contributed by atoms with E-state index in [-0.39, 0.29) is 37.7 Å². The maximum absolute atomic E-state index is 13.7. The van der Waals surface area contributed by atoms with Gasteiger partial charge in [-0.2, -0.15) is 13.9 Å². The smallest absolute Gasteiger partial charge is 0.409 e. The molecule has 1 aliphatic heterocycles. The summed E-state index contributed by atoms with van der Waals surface area (Å²) in [6, 6.07) is 13.2. The Balaban J connectivity index is 1.55. The average Bonchev–Trinajstić information content (AvgIpc) is 3.32. The predicted molar refractivity (Wildman–Crippen MR) is 140 cm³/mol. The molecule has 2 aromatic carbocycles. The zero-order chi connectivity index (χ0) is 26.2. The lowest BCUT2D eigenvalue weighted by atomic mass is 10.0. The van der Waals surface area contributed by atoms with Gasteiger partial charge < -0.3 is 9.64 Å². The van der Waals surface area contributed by atoms with Gasteiger partial charge in [0.25, 0.3) is 0 Å². The molecule has 5 rings (SSSR count). The zero-order valence-corrected chi connectivity index (χ0v) is 22.0. The summed E-state index contributed by atoms with van der Waals surface area (Å²) < 4.78 is 35.7. The largest absolute Gasteiger partial charge is 0.450 e. The van der Waals surface area contributed by atoms with Gasteiger partial charge in [0, 0.05) is 48.9 Å². The molecule has 0 atom stereocenters. The van der Waals surface area contributed by atoms with Crippen molar-refractivity contribution < 1.29 is 17.9 Å². The molecule has 1 aliphatic rings. The number of carbonyl (C=O) groups is 1. The van der Waals surface area contributed by atoms with Gasteiger partial charge in [-0.1, -0.05) is 43.3 Å². The molecule has 0 bridgehead atoms. The minimum Gasteiger partial charge on any atom is -0.450 e. The van der Waals surface area contributed by atoms with E-state index in [0.29, 0.717) is 22.5 Å². The Morgan fingerprint density at radius 1 is 1.00 bits per heavy atom. The van der Waals surface area contributed by atoms with Gasteiger partial charge in [-0.15, -0.1) is 10.2 Å². The van der Waals surface area contributed by atoms with E-state index >= 15 is 0 Å². The second-order valence-corrected chi connectivity index (χ2v) is 11.0. The number of hydrogen-bond donors (Lipinski definition) is 0. The molecule has 0 radical (unpaired) electrons. The van der Waals surface area contributed by atoms with Gasteiger partial charge in [0.2, 0.25) is 10.0 Å². The van der Waals surface area contributed by atoms with Crippen molar-refractivity contribution >= 4 is 32.5 Å². The van der Waals surface area contributed by atoms with E-state index in [1.54, 1.807) is 24.4 Å². The third-order valence-electron chi connectivity index (χ3n) is 6.65. The topological polar surface area (TPSA) is 110 Å². The third-order valence-corrected chi connectivity index (χ3v) is 8.69. The van der Waals surface area contributed by atoms with Crippen LogP contribution >= 0.6 is 0 Å². The number of fused-ring (bicyclic) bond motifs is 3. The van der Waals surface area contributed by atoms with Crippen molar-refractivity contribution in [1.82, 2.24) is 29.0 Å². The molecule has 11 heteroatoms. The van der Waals surface area contributed by atoms with Crippen LogP contribution in [0.25, 0.3) is 27.7 Å². The lowest BCUT2D eigenvalue weighted by Gasteiger charge is -2.33. The molecule has 0 spiro atoms. The Hall–Kier alpha value is -3.57. The molecule has 2 aromatic heterocycles. The van der Waals surface area contributed by atoms with Crippen molar-refractivity contribution in [2.24, 2.45) is 0 Å². The molecule has 0 unspecified atom stereocenters. The van der Waals surface area contributed by atoms with E-state index < -0.39 is 16.1 Å². The highest BCUT2D eigenvalue weighted by molar-refractivity contribution is 7.89. The summed E-state index contributed by atoms with van der Waals surface area (Å²) >= 11 is 0. The van der Waals surface area contributed by atoms with Gasteiger partial charge in [-0.25, -0.2) is 13.2 Å². The molecule has 194 valence electrons. The number of nitrogens with zero attached hydrogens (tertiary/aromatic N) is 6. The number of hydrogen-bond acceptors (Lipinski definition) is 7. The number of ether oxygens (including phenoxy) is 1. The molecular weight excluding hydrogens is 492 g/mol. The van der Waals surface area contributed by atoms with Crippen molar-refractivity contribution in [1.29, 1.82) is 0 Å². The summed E-state index contributed by atoms with van der Waals surface area (Å²) in [7, 11) is -3.79. The number of amides is 1. The zero-order valence-electron chi connectivity index (χ0n) is 21.2. The van der Waals surface area contributed by atoms with Gasteiger partial charge in [0.1, 0.15) is 0 Å². The fraction of sp³-hybridized carbons (Fsp3) is 0.385. The number of aromatic nitrogens is 4. The Bertz CT molecular complexity index is 1580. The lowest BCUT2D eigenvalue weighted by molar-refractivity contribution is 0.0934. The molecule has 0 aliphatic carbocycles. The fourth-order valence-corrected chi connectivity index (χ4v) is 6.38. The van der Waals surface area contributed by atoms with E-state index in [4.69, 9.17) is 9.84 Å². The molecule has 1 amide bonds. The van der Waals surface area contributed by atoms with E-state index in [1.807, 2.05) is 36.4 Å². The number of aryl methyl sites for hydroxylation is 2. The van der Waals surface area contributed by atoms with E-state index in [9.17, 15) is 13.2 Å². The van der Waals surface area contributed by atoms with Gasteiger partial charge in [0.15, 0.2) is 11.5 Å². The molecule has 1 fully saturated rings. The molecule has 3 heterocycles. The maximum atomic E-state index is 13.7.